The molecule has 0 heterocycles. The Kier molecular flexibility index (Phi) is 7.50. The first-order valence-corrected chi connectivity index (χ1v) is 14.0. The summed E-state index contributed by atoms with van der Waals surface area (Å²) in [6.07, 6.45) is 3.30. The maximum Gasteiger partial charge on any atom is 0.307 e. The third-order valence-corrected chi connectivity index (χ3v) is 10.1. The highest BCUT2D eigenvalue weighted by Gasteiger charge is 2.77. The van der Waals surface area contributed by atoms with Gasteiger partial charge in [-0.1, -0.05) is 25.5 Å². The van der Waals surface area contributed by atoms with Crippen LogP contribution in [0.25, 0.3) is 0 Å². The number of carbonyl (C=O) groups excluding carboxylic acids is 4. The lowest BCUT2D eigenvalue weighted by molar-refractivity contribution is -0.227. The molecule has 9 heteroatoms. The summed E-state index contributed by atoms with van der Waals surface area (Å²) in [6.45, 7) is 8.73. The zero-order valence-electron chi connectivity index (χ0n) is 22.7. The fourth-order valence-electron chi connectivity index (χ4n) is 8.25. The molecule has 8 atom stereocenters. The van der Waals surface area contributed by atoms with E-state index >= 15 is 4.39 Å². The van der Waals surface area contributed by atoms with E-state index in [-0.39, 0.29) is 37.1 Å². The Labute approximate surface area is 228 Å². The van der Waals surface area contributed by atoms with E-state index < -0.39 is 63.6 Å². The van der Waals surface area contributed by atoms with E-state index in [1.54, 1.807) is 40.7 Å². The molecule has 0 aliphatic heterocycles. The molecule has 4 unspecified atom stereocenters. The Bertz CT molecular complexity index is 1100. The number of fused-ring (bicyclic) bond motifs is 5. The van der Waals surface area contributed by atoms with Crippen LogP contribution in [0, 0.1) is 28.6 Å². The van der Waals surface area contributed by atoms with Crippen molar-refractivity contribution in [1.29, 1.82) is 0 Å². The molecule has 1 N–H and O–H groups in total. The van der Waals surface area contributed by atoms with Gasteiger partial charge in [0.2, 0.25) is 0 Å². The molecule has 0 aromatic carbocycles. The van der Waals surface area contributed by atoms with Gasteiger partial charge in [0.05, 0.1) is 30.9 Å². The molecule has 7 nitrogen and oxygen atoms in total. The molecule has 4 rings (SSSR count). The smallest absolute Gasteiger partial charge is 0.307 e. The number of aliphatic hydroxyl groups is 1. The van der Waals surface area contributed by atoms with Crippen LogP contribution in [0.3, 0.4) is 0 Å². The molecule has 0 bridgehead atoms. The number of ketones is 2. The Morgan fingerprint density at radius 2 is 1.84 bits per heavy atom. The average Bonchev–Trinajstić information content (AvgIpc) is 3.05. The van der Waals surface area contributed by atoms with Gasteiger partial charge in [-0.3, -0.25) is 19.2 Å². The molecule has 210 valence electrons. The highest BCUT2D eigenvalue weighted by atomic mass is 35.5. The van der Waals surface area contributed by atoms with Crippen LogP contribution in [0.2, 0.25) is 0 Å². The predicted molar refractivity (Wildman–Crippen MR) is 138 cm³/mol. The zero-order chi connectivity index (χ0) is 28.3. The van der Waals surface area contributed by atoms with Gasteiger partial charge >= 0.3 is 11.9 Å². The van der Waals surface area contributed by atoms with Gasteiger partial charge in [-0.25, -0.2) is 4.39 Å². The normalized spacial score (nSPS) is 41.6. The van der Waals surface area contributed by atoms with Gasteiger partial charge in [0, 0.05) is 22.7 Å². The fraction of sp³-hybridized carbons (Fsp3) is 0.724. The van der Waals surface area contributed by atoms with Crippen LogP contribution >= 0.6 is 11.6 Å². The van der Waals surface area contributed by atoms with Crippen molar-refractivity contribution in [1.82, 2.24) is 0 Å². The number of hydrogen-bond acceptors (Lipinski definition) is 7. The number of esters is 2. The molecular weight excluding hydrogens is 515 g/mol. The summed E-state index contributed by atoms with van der Waals surface area (Å²) in [5.74, 6) is -3.89. The topological polar surface area (TPSA) is 107 Å². The maximum atomic E-state index is 17.4. The molecule has 0 saturated heterocycles. The Hall–Kier alpha value is -2.06. The van der Waals surface area contributed by atoms with Crippen LogP contribution in [-0.2, 0) is 28.7 Å². The summed E-state index contributed by atoms with van der Waals surface area (Å²) in [4.78, 5) is 50.7. The van der Waals surface area contributed by atoms with Crippen molar-refractivity contribution in [3.63, 3.8) is 0 Å². The minimum atomic E-state index is -2.07. The lowest BCUT2D eigenvalue weighted by Gasteiger charge is -2.62. The molecule has 3 fully saturated rings. The van der Waals surface area contributed by atoms with Crippen LogP contribution in [0.15, 0.2) is 23.8 Å². The third-order valence-electron chi connectivity index (χ3n) is 9.89. The summed E-state index contributed by atoms with van der Waals surface area (Å²) in [5, 5.41) is 11.5. The Morgan fingerprint density at radius 1 is 1.18 bits per heavy atom. The lowest BCUT2D eigenvalue weighted by Crippen LogP contribution is -2.70. The lowest BCUT2D eigenvalue weighted by atomic mass is 9.44. The number of halogens is 2. The molecule has 4 aliphatic carbocycles. The van der Waals surface area contributed by atoms with Crippen LogP contribution in [0.4, 0.5) is 4.39 Å². The van der Waals surface area contributed by atoms with Gasteiger partial charge in [-0.15, -0.1) is 11.6 Å². The molecule has 4 aliphatic rings. The van der Waals surface area contributed by atoms with E-state index in [1.165, 1.54) is 12.2 Å². The first-order valence-electron chi connectivity index (χ1n) is 13.5. The highest BCUT2D eigenvalue weighted by Crippen LogP contribution is 2.71. The first kappa shape index (κ1) is 28.9. The largest absolute Gasteiger partial charge is 0.463 e. The van der Waals surface area contributed by atoms with Crippen molar-refractivity contribution in [3.05, 3.63) is 23.8 Å². The number of rotatable bonds is 7. The highest BCUT2D eigenvalue weighted by molar-refractivity contribution is 6.29. The van der Waals surface area contributed by atoms with Crippen molar-refractivity contribution in [2.45, 2.75) is 96.6 Å². The standard InChI is InChI=1S/C29H38ClFO7/c1-16(2)37-24(35)8-9-25(36)38-29(23(34)15-30)17(3)12-21-20-7-6-18-13-19(32)10-11-26(18,4)28(20,31)22(33)14-27(21,29)5/h10-11,13,16-17,20-22,33H,6-9,12,14-15H2,1-5H3/t17-,20?,21?,22-,26?,27?,28-,29-/m0/s1. The second kappa shape index (κ2) is 9.84. The Morgan fingerprint density at radius 3 is 2.47 bits per heavy atom. The first-order chi connectivity index (χ1) is 17.7. The van der Waals surface area contributed by atoms with Crippen LogP contribution < -0.4 is 0 Å². The molecular formula is C29H38ClFO7. The van der Waals surface area contributed by atoms with Crippen molar-refractivity contribution in [2.75, 3.05) is 5.88 Å². The predicted octanol–water partition coefficient (Wildman–Crippen LogP) is 4.42. The number of aliphatic hydroxyl groups excluding tert-OH is 1. The average molecular weight is 553 g/mol. The van der Waals surface area contributed by atoms with Gasteiger partial charge in [-0.05, 0) is 64.5 Å². The van der Waals surface area contributed by atoms with Gasteiger partial charge in [0.1, 0.15) is 0 Å². The molecule has 0 aromatic heterocycles. The fourth-order valence-corrected chi connectivity index (χ4v) is 8.45. The SMILES string of the molecule is CC(C)OC(=O)CCC(=O)O[C@]1(C(=O)CCl)[C@@H](C)CC2C3CCC4=CC(=O)C=CC4(C)[C@@]3(F)[C@@H](O)CC21C. The van der Waals surface area contributed by atoms with Crippen molar-refractivity contribution in [2.24, 2.45) is 28.6 Å². The summed E-state index contributed by atoms with van der Waals surface area (Å²) in [7, 11) is 0. The van der Waals surface area contributed by atoms with Gasteiger partial charge in [0.15, 0.2) is 22.8 Å². The molecule has 0 radical (unpaired) electrons. The summed E-state index contributed by atoms with van der Waals surface area (Å²) in [5.41, 5.74) is -5.32. The molecule has 0 aromatic rings. The van der Waals surface area contributed by atoms with Gasteiger partial charge in [0.25, 0.3) is 0 Å². The third kappa shape index (κ3) is 4.00. The molecule has 3 saturated carbocycles. The second-order valence-corrected chi connectivity index (χ2v) is 12.5. The van der Waals surface area contributed by atoms with Crippen molar-refractivity contribution >= 4 is 35.1 Å². The summed E-state index contributed by atoms with van der Waals surface area (Å²) in [6, 6.07) is 0. The van der Waals surface area contributed by atoms with Crippen LogP contribution in [-0.4, -0.2) is 58.0 Å². The number of Topliss-reactive ketones (excluding diaryl/α,β-unsaturated/α-hetero) is 1. The number of alkyl halides is 2. The monoisotopic (exact) mass is 552 g/mol. The Balaban J connectivity index is 1.70. The van der Waals surface area contributed by atoms with E-state index in [0.717, 1.165) is 0 Å². The molecule has 0 amide bonds. The summed E-state index contributed by atoms with van der Waals surface area (Å²) < 4.78 is 28.5. The van der Waals surface area contributed by atoms with E-state index in [9.17, 15) is 24.3 Å². The quantitative estimate of drug-likeness (QED) is 0.368. The number of ether oxygens (including phenoxy) is 2. The minimum Gasteiger partial charge on any atom is -0.463 e. The maximum absolute atomic E-state index is 17.4. The zero-order valence-corrected chi connectivity index (χ0v) is 23.5. The number of hydrogen-bond donors (Lipinski definition) is 1. The van der Waals surface area contributed by atoms with E-state index in [1.807, 2.05) is 0 Å². The second-order valence-electron chi connectivity index (χ2n) is 12.2. The molecule has 0 spiro atoms. The van der Waals surface area contributed by atoms with Crippen molar-refractivity contribution < 1.29 is 38.1 Å². The van der Waals surface area contributed by atoms with Crippen LogP contribution in [0.1, 0.15) is 73.1 Å². The van der Waals surface area contributed by atoms with E-state index in [4.69, 9.17) is 21.1 Å². The van der Waals surface area contributed by atoms with E-state index in [2.05, 4.69) is 0 Å². The number of carbonyl (C=O) groups is 4. The minimum absolute atomic E-state index is 0.120. The van der Waals surface area contributed by atoms with Crippen molar-refractivity contribution in [3.8, 4) is 0 Å². The van der Waals surface area contributed by atoms with E-state index in [0.29, 0.717) is 24.8 Å². The molecule has 38 heavy (non-hydrogen) atoms. The van der Waals surface area contributed by atoms with Gasteiger partial charge < -0.3 is 14.6 Å². The van der Waals surface area contributed by atoms with Crippen LogP contribution in [0.5, 0.6) is 0 Å². The number of allylic oxidation sites excluding steroid dienone is 4. The summed E-state index contributed by atoms with van der Waals surface area (Å²) >= 11 is 6.08. The van der Waals surface area contributed by atoms with Gasteiger partial charge in [-0.2, -0.15) is 0 Å².